The molecule has 1 heterocycles. The van der Waals surface area contributed by atoms with Gasteiger partial charge in [0, 0.05) is 19.0 Å². The molecule has 5 rings (SSSR count). The van der Waals surface area contributed by atoms with Crippen molar-refractivity contribution in [3.8, 4) is 11.5 Å². The lowest BCUT2D eigenvalue weighted by molar-refractivity contribution is -0.127. The lowest BCUT2D eigenvalue weighted by Gasteiger charge is -2.21. The molecule has 0 N–H and O–H groups in total. The van der Waals surface area contributed by atoms with Gasteiger partial charge in [-0.25, -0.2) is 8.42 Å². The third-order valence-corrected chi connectivity index (χ3v) is 10.3. The molecule has 0 radical (unpaired) electrons. The summed E-state index contributed by atoms with van der Waals surface area (Å²) in [6.45, 7) is 6.81. The van der Waals surface area contributed by atoms with E-state index in [1.165, 1.54) is 0 Å². The number of carbonyl (C=O) groups is 1. The Labute approximate surface area is 231 Å². The standard InChI is InChI=1S/C32H37NO5S/c1-21-16-22(2)27(23(3)17-21)19-33-20-28(31(32(33)34)39(35,36)26-12-6-5-7-13-26)24-14-15-29(37-4)30(18-24)38-25-10-8-9-11-25/h5-7,12-18,25,28,31H,8-11,19-20H2,1-4H3/t28-,31-/m1/s1. The number of carbonyl (C=O) groups excluding carboxylic acids is 1. The zero-order valence-corrected chi connectivity index (χ0v) is 24.0. The third kappa shape index (κ3) is 5.42. The minimum absolute atomic E-state index is 0.118. The van der Waals surface area contributed by atoms with Crippen molar-refractivity contribution in [3.05, 3.63) is 88.5 Å². The normalized spacial score (nSPS) is 20.0. The lowest BCUT2D eigenvalue weighted by atomic mass is 9.97. The Morgan fingerprint density at radius 3 is 2.21 bits per heavy atom. The van der Waals surface area contributed by atoms with Gasteiger partial charge in [0.15, 0.2) is 26.6 Å². The second-order valence-electron chi connectivity index (χ2n) is 10.9. The summed E-state index contributed by atoms with van der Waals surface area (Å²) >= 11 is 0. The van der Waals surface area contributed by atoms with Gasteiger partial charge in [-0.2, -0.15) is 0 Å². The molecule has 2 atom stereocenters. The molecule has 1 amide bonds. The highest BCUT2D eigenvalue weighted by Crippen LogP contribution is 2.41. The van der Waals surface area contributed by atoms with Gasteiger partial charge in [0.1, 0.15) is 0 Å². The van der Waals surface area contributed by atoms with E-state index >= 15 is 0 Å². The predicted octanol–water partition coefficient (Wildman–Crippen LogP) is 5.91. The van der Waals surface area contributed by atoms with Gasteiger partial charge in [0.05, 0.1) is 18.1 Å². The minimum Gasteiger partial charge on any atom is -0.493 e. The Hall–Kier alpha value is -3.32. The van der Waals surface area contributed by atoms with Crippen LogP contribution in [-0.2, 0) is 21.2 Å². The minimum atomic E-state index is -3.95. The van der Waals surface area contributed by atoms with Crippen LogP contribution in [0.15, 0.2) is 65.6 Å². The van der Waals surface area contributed by atoms with Gasteiger partial charge in [0.25, 0.3) is 0 Å². The molecule has 2 fully saturated rings. The first-order chi connectivity index (χ1) is 18.7. The van der Waals surface area contributed by atoms with Crippen LogP contribution < -0.4 is 9.47 Å². The Morgan fingerprint density at radius 1 is 0.897 bits per heavy atom. The second-order valence-corrected chi connectivity index (χ2v) is 13.0. The summed E-state index contributed by atoms with van der Waals surface area (Å²) in [6, 6.07) is 18.1. The summed E-state index contributed by atoms with van der Waals surface area (Å²) in [6.07, 6.45) is 4.36. The number of nitrogens with zero attached hydrogens (tertiary/aromatic N) is 1. The number of benzene rings is 3. The monoisotopic (exact) mass is 547 g/mol. The summed E-state index contributed by atoms with van der Waals surface area (Å²) in [5.41, 5.74) is 5.19. The molecule has 0 bridgehead atoms. The van der Waals surface area contributed by atoms with E-state index in [1.807, 2.05) is 32.0 Å². The van der Waals surface area contributed by atoms with Gasteiger partial charge >= 0.3 is 0 Å². The van der Waals surface area contributed by atoms with Crippen molar-refractivity contribution in [3.63, 3.8) is 0 Å². The molecule has 0 unspecified atom stereocenters. The second kappa shape index (κ2) is 11.0. The molecule has 6 nitrogen and oxygen atoms in total. The van der Waals surface area contributed by atoms with Gasteiger partial charge in [-0.15, -0.1) is 0 Å². The van der Waals surface area contributed by atoms with Crippen LogP contribution >= 0.6 is 0 Å². The maximum atomic E-state index is 14.0. The summed E-state index contributed by atoms with van der Waals surface area (Å²) in [4.78, 5) is 15.9. The number of methoxy groups -OCH3 is 1. The summed E-state index contributed by atoms with van der Waals surface area (Å²) < 4.78 is 39.9. The highest BCUT2D eigenvalue weighted by molar-refractivity contribution is 7.92. The zero-order chi connectivity index (χ0) is 27.7. The average Bonchev–Trinajstić information content (AvgIpc) is 3.54. The first-order valence-electron chi connectivity index (χ1n) is 13.7. The molecule has 3 aromatic rings. The number of likely N-dealkylation sites (tertiary alicyclic amines) is 1. The molecule has 1 saturated heterocycles. The van der Waals surface area contributed by atoms with Crippen molar-refractivity contribution in [2.24, 2.45) is 0 Å². The molecule has 1 aliphatic heterocycles. The molecule has 39 heavy (non-hydrogen) atoms. The molecule has 206 valence electrons. The van der Waals surface area contributed by atoms with Crippen molar-refractivity contribution in [1.82, 2.24) is 4.90 Å². The highest BCUT2D eigenvalue weighted by Gasteiger charge is 2.49. The van der Waals surface area contributed by atoms with E-state index in [0.29, 0.717) is 24.6 Å². The van der Waals surface area contributed by atoms with Gasteiger partial charge in [0.2, 0.25) is 5.91 Å². The van der Waals surface area contributed by atoms with E-state index < -0.39 is 21.0 Å². The smallest absolute Gasteiger partial charge is 0.242 e. The first-order valence-corrected chi connectivity index (χ1v) is 15.2. The number of aryl methyl sites for hydroxylation is 3. The maximum absolute atomic E-state index is 14.0. The van der Waals surface area contributed by atoms with E-state index in [0.717, 1.165) is 53.5 Å². The van der Waals surface area contributed by atoms with Crippen LogP contribution in [-0.4, -0.2) is 44.2 Å². The Balaban J connectivity index is 1.55. The SMILES string of the molecule is COc1ccc([C@H]2CN(Cc3c(C)cc(C)cc3C)C(=O)[C@@H]2S(=O)(=O)c2ccccc2)cc1OC1CCCC1. The van der Waals surface area contributed by atoms with Crippen molar-refractivity contribution in [2.75, 3.05) is 13.7 Å². The predicted molar refractivity (Wildman–Crippen MR) is 152 cm³/mol. The van der Waals surface area contributed by atoms with Crippen LogP contribution in [0, 0.1) is 20.8 Å². The van der Waals surface area contributed by atoms with E-state index in [-0.39, 0.29) is 16.9 Å². The van der Waals surface area contributed by atoms with Crippen LogP contribution in [0.2, 0.25) is 0 Å². The molecule has 0 aromatic heterocycles. The number of hydrogen-bond acceptors (Lipinski definition) is 5. The van der Waals surface area contributed by atoms with E-state index in [4.69, 9.17) is 9.47 Å². The molecule has 0 spiro atoms. The first kappa shape index (κ1) is 27.3. The molecule has 1 aliphatic carbocycles. The largest absolute Gasteiger partial charge is 0.493 e. The van der Waals surface area contributed by atoms with Crippen LogP contribution in [0.3, 0.4) is 0 Å². The number of ether oxygens (including phenoxy) is 2. The van der Waals surface area contributed by atoms with Crippen LogP contribution in [0.4, 0.5) is 0 Å². The molecule has 7 heteroatoms. The van der Waals surface area contributed by atoms with Crippen molar-refractivity contribution < 1.29 is 22.7 Å². The van der Waals surface area contributed by atoms with Crippen molar-refractivity contribution in [1.29, 1.82) is 0 Å². The molecule has 2 aliphatic rings. The number of sulfone groups is 1. The fraction of sp³-hybridized carbons (Fsp3) is 0.406. The van der Waals surface area contributed by atoms with Crippen molar-refractivity contribution in [2.45, 2.75) is 75.2 Å². The summed E-state index contributed by atoms with van der Waals surface area (Å²) in [5, 5.41) is -1.22. The van der Waals surface area contributed by atoms with Crippen LogP contribution in [0.25, 0.3) is 0 Å². The topological polar surface area (TPSA) is 72.9 Å². The Kier molecular flexibility index (Phi) is 7.72. The average molecular weight is 548 g/mol. The summed E-state index contributed by atoms with van der Waals surface area (Å²) in [5.74, 6) is 0.303. The lowest BCUT2D eigenvalue weighted by Crippen LogP contribution is -2.35. The quantitative estimate of drug-likeness (QED) is 0.351. The van der Waals surface area contributed by atoms with Gasteiger partial charge < -0.3 is 14.4 Å². The van der Waals surface area contributed by atoms with E-state index in [2.05, 4.69) is 19.1 Å². The van der Waals surface area contributed by atoms with Gasteiger partial charge in [-0.1, -0.05) is 42.0 Å². The van der Waals surface area contributed by atoms with Crippen LogP contribution in [0.1, 0.15) is 59.4 Å². The third-order valence-electron chi connectivity index (χ3n) is 8.14. The Morgan fingerprint density at radius 2 is 1.56 bits per heavy atom. The van der Waals surface area contributed by atoms with Crippen molar-refractivity contribution >= 4 is 15.7 Å². The van der Waals surface area contributed by atoms with Gasteiger partial charge in [-0.3, -0.25) is 4.79 Å². The number of amides is 1. The fourth-order valence-corrected chi connectivity index (χ4v) is 8.08. The molecule has 3 aromatic carbocycles. The van der Waals surface area contributed by atoms with Crippen LogP contribution in [0.5, 0.6) is 11.5 Å². The Bertz CT molecular complexity index is 1440. The van der Waals surface area contributed by atoms with E-state index in [9.17, 15) is 13.2 Å². The molecular formula is C32H37NO5S. The summed E-state index contributed by atoms with van der Waals surface area (Å²) in [7, 11) is -2.35. The van der Waals surface area contributed by atoms with Gasteiger partial charge in [-0.05, 0) is 93.0 Å². The number of rotatable bonds is 8. The highest BCUT2D eigenvalue weighted by atomic mass is 32.2. The molecular weight excluding hydrogens is 510 g/mol. The zero-order valence-electron chi connectivity index (χ0n) is 23.1. The number of hydrogen-bond donors (Lipinski definition) is 0. The van der Waals surface area contributed by atoms with E-state index in [1.54, 1.807) is 42.3 Å². The fourth-order valence-electron chi connectivity index (χ4n) is 6.16. The maximum Gasteiger partial charge on any atom is 0.242 e. The molecule has 1 saturated carbocycles.